The van der Waals surface area contributed by atoms with E-state index in [0.29, 0.717) is 17.2 Å². The van der Waals surface area contributed by atoms with Crippen molar-refractivity contribution in [3.8, 4) is 17.2 Å². The van der Waals surface area contributed by atoms with Gasteiger partial charge in [0.05, 0.1) is 33.3 Å². The average Bonchev–Trinajstić information content (AvgIpc) is 2.60. The van der Waals surface area contributed by atoms with Gasteiger partial charge in [-0.2, -0.15) is 10.2 Å². The summed E-state index contributed by atoms with van der Waals surface area (Å²) >= 11 is 0. The van der Waals surface area contributed by atoms with Crippen LogP contribution >= 0.6 is 0 Å². The van der Waals surface area contributed by atoms with Crippen LogP contribution in [-0.4, -0.2) is 33.3 Å². The largest absolute Gasteiger partial charge is 0.493 e. The fourth-order valence-corrected chi connectivity index (χ4v) is 2.63. The Labute approximate surface area is 149 Å². The number of aryl methyl sites for hydroxylation is 2. The summed E-state index contributed by atoms with van der Waals surface area (Å²) in [4.78, 5) is 0. The molecule has 0 unspecified atom stereocenters. The Morgan fingerprint density at radius 3 is 2.08 bits per heavy atom. The molecule has 0 aliphatic heterocycles. The van der Waals surface area contributed by atoms with Crippen LogP contribution in [0.4, 0.5) is 0 Å². The maximum atomic E-state index is 5.34. The quantitative estimate of drug-likeness (QED) is 0.586. The number of nitrogens with zero attached hydrogens (tertiary/aromatic N) is 2. The van der Waals surface area contributed by atoms with Gasteiger partial charge in [-0.05, 0) is 38.5 Å². The minimum absolute atomic E-state index is 0.553. The second-order valence-electron chi connectivity index (χ2n) is 5.71. The molecule has 0 N–H and O–H groups in total. The molecule has 0 aliphatic rings. The van der Waals surface area contributed by atoms with Crippen molar-refractivity contribution >= 4 is 11.9 Å². The molecule has 5 heteroatoms. The van der Waals surface area contributed by atoms with Crippen molar-refractivity contribution in [2.75, 3.05) is 21.3 Å². The summed E-state index contributed by atoms with van der Waals surface area (Å²) in [6, 6.07) is 9.93. The van der Waals surface area contributed by atoms with Crippen molar-refractivity contribution < 1.29 is 14.2 Å². The van der Waals surface area contributed by atoms with Crippen LogP contribution in [0, 0.1) is 13.8 Å². The first-order valence-corrected chi connectivity index (χ1v) is 7.95. The van der Waals surface area contributed by atoms with Crippen molar-refractivity contribution in [1.82, 2.24) is 0 Å². The molecular weight excluding hydrogens is 316 g/mol. The normalized spacial score (nSPS) is 11.7. The predicted molar refractivity (Wildman–Crippen MR) is 102 cm³/mol. The van der Waals surface area contributed by atoms with Crippen LogP contribution in [0.2, 0.25) is 0 Å². The number of hydrogen-bond acceptors (Lipinski definition) is 5. The van der Waals surface area contributed by atoms with E-state index in [1.807, 2.05) is 19.1 Å². The van der Waals surface area contributed by atoms with Crippen LogP contribution in [0.3, 0.4) is 0 Å². The highest BCUT2D eigenvalue weighted by molar-refractivity contribution is 6.00. The van der Waals surface area contributed by atoms with E-state index in [4.69, 9.17) is 14.2 Å². The van der Waals surface area contributed by atoms with Crippen molar-refractivity contribution in [3.63, 3.8) is 0 Å². The lowest BCUT2D eigenvalue weighted by atomic mass is 10.0. The van der Waals surface area contributed by atoms with Crippen molar-refractivity contribution in [3.05, 3.63) is 52.6 Å². The molecule has 0 fully saturated rings. The lowest BCUT2D eigenvalue weighted by Gasteiger charge is -2.12. The molecule has 2 aromatic carbocycles. The fourth-order valence-electron chi connectivity index (χ4n) is 2.63. The highest BCUT2D eigenvalue weighted by Crippen LogP contribution is 2.37. The van der Waals surface area contributed by atoms with E-state index in [2.05, 4.69) is 42.2 Å². The fraction of sp³-hybridized carbons (Fsp3) is 0.300. The minimum atomic E-state index is 0.553. The predicted octanol–water partition coefficient (Wildman–Crippen LogP) is 4.17. The molecule has 2 aromatic rings. The Morgan fingerprint density at radius 1 is 0.920 bits per heavy atom. The van der Waals surface area contributed by atoms with Crippen molar-refractivity contribution in [2.24, 2.45) is 10.2 Å². The molecule has 132 valence electrons. The third-order valence-electron chi connectivity index (χ3n) is 3.87. The van der Waals surface area contributed by atoms with Gasteiger partial charge in [-0.1, -0.05) is 23.8 Å². The third-order valence-corrected chi connectivity index (χ3v) is 3.87. The zero-order valence-electron chi connectivity index (χ0n) is 15.6. The minimum Gasteiger partial charge on any atom is -0.493 e. The molecule has 0 saturated heterocycles. The molecular formula is C20H24N2O3. The van der Waals surface area contributed by atoms with Gasteiger partial charge in [0.15, 0.2) is 11.5 Å². The molecule has 2 rings (SSSR count). The van der Waals surface area contributed by atoms with Gasteiger partial charge < -0.3 is 14.2 Å². The van der Waals surface area contributed by atoms with E-state index in [1.165, 1.54) is 11.1 Å². The Balaban J connectivity index is 2.29. The second-order valence-corrected chi connectivity index (χ2v) is 5.71. The number of hydrogen-bond donors (Lipinski definition) is 0. The summed E-state index contributed by atoms with van der Waals surface area (Å²) in [7, 11) is 4.74. The number of ether oxygens (including phenoxy) is 3. The van der Waals surface area contributed by atoms with Gasteiger partial charge >= 0.3 is 0 Å². The van der Waals surface area contributed by atoms with E-state index in [-0.39, 0.29) is 0 Å². The molecule has 0 radical (unpaired) electrons. The molecule has 5 nitrogen and oxygen atoms in total. The highest BCUT2D eigenvalue weighted by atomic mass is 16.5. The van der Waals surface area contributed by atoms with Crippen molar-refractivity contribution in [2.45, 2.75) is 20.8 Å². The summed E-state index contributed by atoms with van der Waals surface area (Å²) in [6.07, 6.45) is 1.66. The van der Waals surface area contributed by atoms with E-state index in [9.17, 15) is 0 Å². The Kier molecular flexibility index (Phi) is 6.17. The smallest absolute Gasteiger partial charge is 0.203 e. The summed E-state index contributed by atoms with van der Waals surface area (Å²) in [6.45, 7) is 6.10. The molecule has 0 amide bonds. The highest BCUT2D eigenvalue weighted by Gasteiger charge is 2.12. The first kappa shape index (κ1) is 18.5. The molecule has 0 aliphatic carbocycles. The number of methoxy groups -OCH3 is 3. The third kappa shape index (κ3) is 4.38. The van der Waals surface area contributed by atoms with E-state index in [1.54, 1.807) is 27.5 Å². The second kappa shape index (κ2) is 8.33. The average molecular weight is 340 g/mol. The molecule has 0 heterocycles. The Morgan fingerprint density at radius 2 is 1.56 bits per heavy atom. The molecule has 0 spiro atoms. The van der Waals surface area contributed by atoms with Crippen LogP contribution in [0.15, 0.2) is 40.5 Å². The van der Waals surface area contributed by atoms with Crippen LogP contribution in [0.1, 0.15) is 29.2 Å². The standard InChI is InChI=1S/C20H24N2O3/c1-13-7-8-17(14(2)9-13)15(3)22-21-12-16-10-18(23-4)20(25-6)19(11-16)24-5/h7-12H,1-6H3. The zero-order valence-corrected chi connectivity index (χ0v) is 15.6. The van der Waals surface area contributed by atoms with E-state index < -0.39 is 0 Å². The van der Waals surface area contributed by atoms with Gasteiger partial charge in [-0.15, -0.1) is 0 Å². The summed E-state index contributed by atoms with van der Waals surface area (Å²) in [5.74, 6) is 1.72. The Hall–Kier alpha value is -2.82. The van der Waals surface area contributed by atoms with Gasteiger partial charge in [0.2, 0.25) is 5.75 Å². The lowest BCUT2D eigenvalue weighted by Crippen LogP contribution is -1.98. The first-order chi connectivity index (χ1) is 12.0. The summed E-state index contributed by atoms with van der Waals surface area (Å²) in [5.41, 5.74) is 5.18. The van der Waals surface area contributed by atoms with Crippen LogP contribution in [-0.2, 0) is 0 Å². The van der Waals surface area contributed by atoms with Gasteiger partial charge in [-0.25, -0.2) is 0 Å². The maximum absolute atomic E-state index is 5.34. The first-order valence-electron chi connectivity index (χ1n) is 7.95. The van der Waals surface area contributed by atoms with E-state index >= 15 is 0 Å². The summed E-state index contributed by atoms with van der Waals surface area (Å²) < 4.78 is 16.0. The number of benzene rings is 2. The number of rotatable bonds is 6. The monoisotopic (exact) mass is 340 g/mol. The van der Waals surface area contributed by atoms with Crippen LogP contribution in [0.25, 0.3) is 0 Å². The van der Waals surface area contributed by atoms with Gasteiger partial charge in [-0.3, -0.25) is 0 Å². The molecule has 0 atom stereocenters. The zero-order chi connectivity index (χ0) is 18.4. The van der Waals surface area contributed by atoms with Gasteiger partial charge in [0.1, 0.15) is 0 Å². The van der Waals surface area contributed by atoms with Crippen LogP contribution < -0.4 is 14.2 Å². The topological polar surface area (TPSA) is 52.4 Å². The van der Waals surface area contributed by atoms with Crippen molar-refractivity contribution in [1.29, 1.82) is 0 Å². The molecule has 0 bridgehead atoms. The van der Waals surface area contributed by atoms with Gasteiger partial charge in [0, 0.05) is 11.1 Å². The molecule has 0 saturated carbocycles. The maximum Gasteiger partial charge on any atom is 0.203 e. The summed E-state index contributed by atoms with van der Waals surface area (Å²) in [5, 5.41) is 8.51. The Bertz CT molecular complexity index is 786. The van der Waals surface area contributed by atoms with Gasteiger partial charge in [0.25, 0.3) is 0 Å². The lowest BCUT2D eigenvalue weighted by molar-refractivity contribution is 0.324. The van der Waals surface area contributed by atoms with Crippen LogP contribution in [0.5, 0.6) is 17.2 Å². The molecule has 0 aromatic heterocycles. The SMILES string of the molecule is COc1cc(C=NN=C(C)c2ccc(C)cc2C)cc(OC)c1OC. The molecule has 25 heavy (non-hydrogen) atoms. The van der Waals surface area contributed by atoms with E-state index in [0.717, 1.165) is 16.8 Å².